The topological polar surface area (TPSA) is 38.3 Å². The van der Waals surface area contributed by atoms with E-state index in [1.165, 1.54) is 5.56 Å². The van der Waals surface area contributed by atoms with Crippen molar-refractivity contribution in [3.8, 4) is 0 Å². The van der Waals surface area contributed by atoms with E-state index < -0.39 is 0 Å². The molecular formula is C24H24ClNO2. The minimum absolute atomic E-state index is 0.0520. The fourth-order valence-electron chi connectivity index (χ4n) is 4.08. The molecule has 0 radical (unpaired) electrons. The summed E-state index contributed by atoms with van der Waals surface area (Å²) < 4.78 is 5.58. The summed E-state index contributed by atoms with van der Waals surface area (Å²) in [5, 5.41) is 6.22. The van der Waals surface area contributed by atoms with Gasteiger partial charge in [-0.2, -0.15) is 0 Å². The van der Waals surface area contributed by atoms with E-state index in [2.05, 4.69) is 35.6 Å². The Bertz CT molecular complexity index is 957. The summed E-state index contributed by atoms with van der Waals surface area (Å²) in [6, 6.07) is 22.3. The molecule has 3 nitrogen and oxygen atoms in total. The minimum atomic E-state index is -0.0999. The summed E-state index contributed by atoms with van der Waals surface area (Å²) >= 11 is 6.07. The highest BCUT2D eigenvalue weighted by molar-refractivity contribution is 6.30. The molecule has 4 rings (SSSR count). The summed E-state index contributed by atoms with van der Waals surface area (Å²) in [7, 11) is 0. The lowest BCUT2D eigenvalue weighted by atomic mass is 9.74. The van der Waals surface area contributed by atoms with E-state index in [0.717, 1.165) is 34.2 Å². The zero-order valence-electron chi connectivity index (χ0n) is 15.8. The van der Waals surface area contributed by atoms with Crippen LogP contribution in [0.1, 0.15) is 24.0 Å². The van der Waals surface area contributed by atoms with Gasteiger partial charge in [-0.1, -0.05) is 66.2 Å². The standard InChI is InChI=1S/C24H24ClNO2/c25-21-10-8-20(9-11-21)24(12-14-28-15-13-24)17-26-23(27)16-19-6-3-5-18-4-1-2-7-22(18)19/h1-11H,12-17H2,(H,26,27). The normalized spacial score (nSPS) is 16.0. The van der Waals surface area contributed by atoms with E-state index in [1.807, 2.05) is 36.4 Å². The summed E-state index contributed by atoms with van der Waals surface area (Å²) in [5.74, 6) is 0.0520. The predicted octanol–water partition coefficient (Wildman–Crippen LogP) is 4.90. The average Bonchev–Trinajstić information content (AvgIpc) is 2.74. The van der Waals surface area contributed by atoms with E-state index in [4.69, 9.17) is 16.3 Å². The molecule has 0 bridgehead atoms. The van der Waals surface area contributed by atoms with Crippen LogP contribution in [0.4, 0.5) is 0 Å². The lowest BCUT2D eigenvalue weighted by Crippen LogP contribution is -2.45. The second kappa shape index (κ2) is 8.34. The Balaban J connectivity index is 1.49. The summed E-state index contributed by atoms with van der Waals surface area (Å²) in [6.45, 7) is 2.03. The number of benzene rings is 3. The number of amides is 1. The summed E-state index contributed by atoms with van der Waals surface area (Å²) in [6.07, 6.45) is 2.17. The largest absolute Gasteiger partial charge is 0.381 e. The quantitative estimate of drug-likeness (QED) is 0.669. The Morgan fingerprint density at radius 3 is 2.46 bits per heavy atom. The van der Waals surface area contributed by atoms with Crippen molar-refractivity contribution in [3.63, 3.8) is 0 Å². The van der Waals surface area contributed by atoms with Crippen LogP contribution in [0.3, 0.4) is 0 Å². The number of hydrogen-bond acceptors (Lipinski definition) is 2. The Morgan fingerprint density at radius 2 is 1.68 bits per heavy atom. The summed E-state index contributed by atoms with van der Waals surface area (Å²) in [4.78, 5) is 12.8. The first-order valence-corrected chi connectivity index (χ1v) is 10.1. The molecule has 0 aliphatic carbocycles. The lowest BCUT2D eigenvalue weighted by Gasteiger charge is -2.38. The first-order valence-electron chi connectivity index (χ1n) is 9.73. The molecule has 0 atom stereocenters. The third kappa shape index (κ3) is 4.06. The smallest absolute Gasteiger partial charge is 0.224 e. The number of rotatable bonds is 5. The van der Waals surface area contributed by atoms with Crippen molar-refractivity contribution in [1.29, 1.82) is 0 Å². The number of ether oxygens (including phenoxy) is 1. The molecule has 144 valence electrons. The maximum Gasteiger partial charge on any atom is 0.224 e. The Kier molecular flexibility index (Phi) is 5.65. The monoisotopic (exact) mass is 393 g/mol. The molecule has 0 aromatic heterocycles. The molecule has 4 heteroatoms. The molecule has 1 aliphatic rings. The van der Waals surface area contributed by atoms with Crippen LogP contribution in [0.25, 0.3) is 10.8 Å². The second-order valence-corrected chi connectivity index (χ2v) is 7.93. The molecule has 0 spiro atoms. The molecule has 1 aliphatic heterocycles. The van der Waals surface area contributed by atoms with Gasteiger partial charge in [0.05, 0.1) is 6.42 Å². The average molecular weight is 394 g/mol. The third-order valence-corrected chi connectivity index (χ3v) is 6.01. The van der Waals surface area contributed by atoms with Crippen molar-refractivity contribution in [1.82, 2.24) is 5.32 Å². The molecule has 1 fully saturated rings. The molecular weight excluding hydrogens is 370 g/mol. The van der Waals surface area contributed by atoms with Gasteiger partial charge >= 0.3 is 0 Å². The molecule has 3 aromatic carbocycles. The van der Waals surface area contributed by atoms with Crippen LogP contribution < -0.4 is 5.32 Å². The maximum absolute atomic E-state index is 12.8. The number of nitrogens with one attached hydrogen (secondary N) is 1. The Hall–Kier alpha value is -2.36. The molecule has 0 unspecified atom stereocenters. The van der Waals surface area contributed by atoms with Gasteiger partial charge in [-0.3, -0.25) is 4.79 Å². The number of carbonyl (C=O) groups is 1. The molecule has 0 saturated carbocycles. The van der Waals surface area contributed by atoms with E-state index in [1.54, 1.807) is 0 Å². The van der Waals surface area contributed by atoms with Gasteiger partial charge in [0.15, 0.2) is 0 Å². The van der Waals surface area contributed by atoms with Crippen molar-refractivity contribution in [2.24, 2.45) is 0 Å². The van der Waals surface area contributed by atoms with E-state index in [0.29, 0.717) is 26.2 Å². The number of fused-ring (bicyclic) bond motifs is 1. The van der Waals surface area contributed by atoms with Crippen LogP contribution in [-0.2, 0) is 21.4 Å². The predicted molar refractivity (Wildman–Crippen MR) is 114 cm³/mol. The van der Waals surface area contributed by atoms with Crippen molar-refractivity contribution in [3.05, 3.63) is 82.9 Å². The van der Waals surface area contributed by atoms with Gasteiger partial charge in [-0.25, -0.2) is 0 Å². The maximum atomic E-state index is 12.8. The van der Waals surface area contributed by atoms with Gasteiger partial charge < -0.3 is 10.1 Å². The van der Waals surface area contributed by atoms with Crippen molar-refractivity contribution in [2.75, 3.05) is 19.8 Å². The van der Waals surface area contributed by atoms with Gasteiger partial charge in [0.25, 0.3) is 0 Å². The highest BCUT2D eigenvalue weighted by Gasteiger charge is 2.34. The van der Waals surface area contributed by atoms with Crippen molar-refractivity contribution < 1.29 is 9.53 Å². The van der Waals surface area contributed by atoms with Gasteiger partial charge in [-0.15, -0.1) is 0 Å². The van der Waals surface area contributed by atoms with Crippen LogP contribution in [0, 0.1) is 0 Å². The highest BCUT2D eigenvalue weighted by atomic mass is 35.5. The fourth-order valence-corrected chi connectivity index (χ4v) is 4.21. The molecule has 1 amide bonds. The van der Waals surface area contributed by atoms with Crippen molar-refractivity contribution in [2.45, 2.75) is 24.7 Å². The minimum Gasteiger partial charge on any atom is -0.381 e. The first kappa shape index (κ1) is 19.0. The number of hydrogen-bond donors (Lipinski definition) is 1. The van der Waals surface area contributed by atoms with Crippen molar-refractivity contribution >= 4 is 28.3 Å². The zero-order chi connectivity index (χ0) is 19.4. The van der Waals surface area contributed by atoms with Gasteiger partial charge in [0, 0.05) is 30.2 Å². The van der Waals surface area contributed by atoms with Gasteiger partial charge in [-0.05, 0) is 46.9 Å². The fraction of sp³-hybridized carbons (Fsp3) is 0.292. The molecule has 1 N–H and O–H groups in total. The van der Waals surface area contributed by atoms with Gasteiger partial charge in [0.1, 0.15) is 0 Å². The van der Waals surface area contributed by atoms with Crippen LogP contribution in [0.15, 0.2) is 66.7 Å². The molecule has 1 saturated heterocycles. The second-order valence-electron chi connectivity index (χ2n) is 7.49. The molecule has 1 heterocycles. The van der Waals surface area contributed by atoms with Crippen LogP contribution >= 0.6 is 11.6 Å². The van der Waals surface area contributed by atoms with Gasteiger partial charge in [0.2, 0.25) is 5.91 Å². The lowest BCUT2D eigenvalue weighted by molar-refractivity contribution is -0.120. The van der Waals surface area contributed by atoms with Crippen LogP contribution in [-0.4, -0.2) is 25.7 Å². The van der Waals surface area contributed by atoms with E-state index in [9.17, 15) is 4.79 Å². The highest BCUT2D eigenvalue weighted by Crippen LogP contribution is 2.35. The van der Waals surface area contributed by atoms with Crippen LogP contribution in [0.5, 0.6) is 0 Å². The van der Waals surface area contributed by atoms with E-state index >= 15 is 0 Å². The molecule has 28 heavy (non-hydrogen) atoms. The van der Waals surface area contributed by atoms with Crippen LogP contribution in [0.2, 0.25) is 5.02 Å². The number of halogens is 1. The van der Waals surface area contributed by atoms with E-state index in [-0.39, 0.29) is 11.3 Å². The third-order valence-electron chi connectivity index (χ3n) is 5.76. The molecule has 3 aromatic rings. The first-order chi connectivity index (χ1) is 13.7. The number of carbonyl (C=O) groups excluding carboxylic acids is 1. The summed E-state index contributed by atoms with van der Waals surface area (Å²) in [5.41, 5.74) is 2.17. The SMILES string of the molecule is O=C(Cc1cccc2ccccc12)NCC1(c2ccc(Cl)cc2)CCOCC1. The Morgan fingerprint density at radius 1 is 0.964 bits per heavy atom. The Labute approximate surface area is 170 Å². The zero-order valence-corrected chi connectivity index (χ0v) is 16.5.